The molecule has 1 aliphatic heterocycles. The number of nitrogens with zero attached hydrogens (tertiary/aromatic N) is 1. The third-order valence-electron chi connectivity index (χ3n) is 3.31. The number of aromatic amines is 1. The van der Waals surface area contributed by atoms with E-state index in [1.54, 1.807) is 7.11 Å². The summed E-state index contributed by atoms with van der Waals surface area (Å²) < 4.78 is 10.6. The van der Waals surface area contributed by atoms with Crippen molar-refractivity contribution in [3.63, 3.8) is 0 Å². The van der Waals surface area contributed by atoms with Crippen molar-refractivity contribution >= 4 is 17.0 Å². The van der Waals surface area contributed by atoms with E-state index in [1.165, 1.54) is 0 Å². The van der Waals surface area contributed by atoms with Gasteiger partial charge in [0.05, 0.1) is 18.1 Å². The molecular weight excluding hydrogens is 248 g/mol. The summed E-state index contributed by atoms with van der Waals surface area (Å²) in [6.07, 6.45) is 0.168. The third kappa shape index (κ3) is 2.15. The SMILES string of the molecule is COc1ccc2nc(C3CCC(C(=O)O)O3)[nH]c2c1. The minimum atomic E-state index is -0.916. The van der Waals surface area contributed by atoms with Crippen molar-refractivity contribution in [2.45, 2.75) is 25.0 Å². The Bertz CT molecular complexity index is 622. The smallest absolute Gasteiger partial charge is 0.332 e. The maximum Gasteiger partial charge on any atom is 0.332 e. The number of imidazole rings is 1. The number of carboxylic acid groups (broad SMARTS) is 1. The van der Waals surface area contributed by atoms with Gasteiger partial charge in [0, 0.05) is 6.07 Å². The van der Waals surface area contributed by atoms with Crippen LogP contribution in [0.3, 0.4) is 0 Å². The fourth-order valence-corrected chi connectivity index (χ4v) is 2.31. The molecule has 0 aliphatic carbocycles. The molecule has 3 rings (SSSR count). The summed E-state index contributed by atoms with van der Waals surface area (Å²) in [6, 6.07) is 5.55. The normalized spacial score (nSPS) is 22.8. The average Bonchev–Trinajstić information content (AvgIpc) is 3.04. The number of fused-ring (bicyclic) bond motifs is 1. The van der Waals surface area contributed by atoms with Crippen LogP contribution in [0.2, 0.25) is 0 Å². The number of methoxy groups -OCH3 is 1. The Balaban J connectivity index is 1.88. The van der Waals surface area contributed by atoms with E-state index in [9.17, 15) is 4.79 Å². The molecule has 0 bridgehead atoms. The second kappa shape index (κ2) is 4.55. The molecule has 1 aromatic carbocycles. The first-order valence-corrected chi connectivity index (χ1v) is 6.09. The van der Waals surface area contributed by atoms with Crippen LogP contribution in [0.4, 0.5) is 0 Å². The number of hydrogen-bond acceptors (Lipinski definition) is 4. The molecule has 0 spiro atoms. The zero-order valence-electron chi connectivity index (χ0n) is 10.4. The second-order valence-electron chi connectivity index (χ2n) is 4.53. The number of benzene rings is 1. The van der Waals surface area contributed by atoms with Gasteiger partial charge in [-0.3, -0.25) is 0 Å². The summed E-state index contributed by atoms with van der Waals surface area (Å²) in [7, 11) is 1.61. The number of aliphatic carboxylic acids is 1. The topological polar surface area (TPSA) is 84.4 Å². The van der Waals surface area contributed by atoms with Gasteiger partial charge in [-0.25, -0.2) is 9.78 Å². The minimum Gasteiger partial charge on any atom is -0.497 e. The molecule has 6 nitrogen and oxygen atoms in total. The molecule has 19 heavy (non-hydrogen) atoms. The predicted octanol–water partition coefficient (Wildman–Crippen LogP) is 1.88. The molecule has 2 aromatic rings. The van der Waals surface area contributed by atoms with E-state index in [4.69, 9.17) is 14.6 Å². The highest BCUT2D eigenvalue weighted by Gasteiger charge is 2.33. The molecule has 2 atom stereocenters. The zero-order chi connectivity index (χ0) is 13.4. The van der Waals surface area contributed by atoms with Gasteiger partial charge in [-0.1, -0.05) is 0 Å². The maximum absolute atomic E-state index is 10.9. The molecule has 100 valence electrons. The van der Waals surface area contributed by atoms with Crippen molar-refractivity contribution < 1.29 is 19.4 Å². The van der Waals surface area contributed by atoms with Crippen molar-refractivity contribution in [1.82, 2.24) is 9.97 Å². The molecule has 0 radical (unpaired) electrons. The van der Waals surface area contributed by atoms with E-state index < -0.39 is 12.1 Å². The second-order valence-corrected chi connectivity index (χ2v) is 4.53. The Hall–Kier alpha value is -2.08. The molecule has 2 unspecified atom stereocenters. The van der Waals surface area contributed by atoms with Crippen molar-refractivity contribution in [2.75, 3.05) is 7.11 Å². The molecule has 2 heterocycles. The Labute approximate surface area is 109 Å². The quantitative estimate of drug-likeness (QED) is 0.882. The molecule has 0 amide bonds. The standard InChI is InChI=1S/C13H14N2O4/c1-18-7-2-3-8-9(6-7)15-12(14-8)10-4-5-11(19-10)13(16)17/h2-3,6,10-11H,4-5H2,1H3,(H,14,15)(H,16,17). The molecule has 1 fully saturated rings. The van der Waals surface area contributed by atoms with Crippen LogP contribution in [-0.4, -0.2) is 34.3 Å². The van der Waals surface area contributed by atoms with Gasteiger partial charge in [0.15, 0.2) is 6.10 Å². The van der Waals surface area contributed by atoms with Gasteiger partial charge in [-0.2, -0.15) is 0 Å². The van der Waals surface area contributed by atoms with Crippen molar-refractivity contribution in [3.05, 3.63) is 24.0 Å². The number of rotatable bonds is 3. The molecule has 1 aromatic heterocycles. The number of nitrogens with one attached hydrogen (secondary N) is 1. The average molecular weight is 262 g/mol. The lowest BCUT2D eigenvalue weighted by atomic mass is 10.2. The number of aromatic nitrogens is 2. The van der Waals surface area contributed by atoms with E-state index in [1.807, 2.05) is 18.2 Å². The monoisotopic (exact) mass is 262 g/mol. The molecule has 2 N–H and O–H groups in total. The van der Waals surface area contributed by atoms with Crippen molar-refractivity contribution in [3.8, 4) is 5.75 Å². The van der Waals surface area contributed by atoms with Crippen LogP contribution in [0.5, 0.6) is 5.75 Å². The summed E-state index contributed by atoms with van der Waals surface area (Å²) in [4.78, 5) is 18.5. The van der Waals surface area contributed by atoms with Gasteiger partial charge in [0.1, 0.15) is 17.7 Å². The Morgan fingerprint density at radius 2 is 2.37 bits per heavy atom. The van der Waals surface area contributed by atoms with E-state index in [0.29, 0.717) is 18.7 Å². The highest BCUT2D eigenvalue weighted by atomic mass is 16.5. The Kier molecular flexibility index (Phi) is 2.87. The van der Waals surface area contributed by atoms with Crippen molar-refractivity contribution in [2.24, 2.45) is 0 Å². The van der Waals surface area contributed by atoms with Gasteiger partial charge < -0.3 is 19.6 Å². The predicted molar refractivity (Wildman–Crippen MR) is 67.1 cm³/mol. The molecule has 1 aliphatic rings. The van der Waals surface area contributed by atoms with Gasteiger partial charge in [-0.05, 0) is 25.0 Å². The summed E-state index contributed by atoms with van der Waals surface area (Å²) >= 11 is 0. The lowest BCUT2D eigenvalue weighted by Gasteiger charge is -2.07. The number of carbonyl (C=O) groups is 1. The summed E-state index contributed by atoms with van der Waals surface area (Å²) in [6.45, 7) is 0. The molecule has 6 heteroatoms. The summed E-state index contributed by atoms with van der Waals surface area (Å²) in [5.41, 5.74) is 1.68. The molecule has 0 saturated carbocycles. The highest BCUT2D eigenvalue weighted by Crippen LogP contribution is 2.32. The van der Waals surface area contributed by atoms with Gasteiger partial charge in [0.2, 0.25) is 0 Å². The lowest BCUT2D eigenvalue weighted by Crippen LogP contribution is -2.18. The third-order valence-corrected chi connectivity index (χ3v) is 3.31. The van der Waals surface area contributed by atoms with E-state index in [0.717, 1.165) is 16.8 Å². The Morgan fingerprint density at radius 3 is 3.05 bits per heavy atom. The summed E-state index contributed by atoms with van der Waals surface area (Å²) in [5.74, 6) is 0.505. The first-order chi connectivity index (χ1) is 9.17. The fraction of sp³-hybridized carbons (Fsp3) is 0.385. The lowest BCUT2D eigenvalue weighted by molar-refractivity contribution is -0.149. The van der Waals surface area contributed by atoms with Gasteiger partial charge in [-0.15, -0.1) is 0 Å². The van der Waals surface area contributed by atoms with Crippen LogP contribution in [-0.2, 0) is 9.53 Å². The largest absolute Gasteiger partial charge is 0.497 e. The first kappa shape index (κ1) is 12.0. The van der Waals surface area contributed by atoms with Gasteiger partial charge in [0.25, 0.3) is 0 Å². The molecule has 1 saturated heterocycles. The van der Waals surface area contributed by atoms with Gasteiger partial charge >= 0.3 is 5.97 Å². The Morgan fingerprint density at radius 1 is 1.53 bits per heavy atom. The number of ether oxygens (including phenoxy) is 2. The first-order valence-electron chi connectivity index (χ1n) is 6.09. The van der Waals surface area contributed by atoms with Crippen LogP contribution < -0.4 is 4.74 Å². The highest BCUT2D eigenvalue weighted by molar-refractivity contribution is 5.77. The minimum absolute atomic E-state index is 0.278. The zero-order valence-corrected chi connectivity index (χ0v) is 10.4. The maximum atomic E-state index is 10.9. The van der Waals surface area contributed by atoms with Crippen LogP contribution in [0, 0.1) is 0 Å². The van der Waals surface area contributed by atoms with E-state index in [2.05, 4.69) is 9.97 Å². The van der Waals surface area contributed by atoms with Crippen LogP contribution in [0.1, 0.15) is 24.8 Å². The number of carboxylic acids is 1. The number of H-pyrrole nitrogens is 1. The van der Waals surface area contributed by atoms with Crippen molar-refractivity contribution in [1.29, 1.82) is 0 Å². The van der Waals surface area contributed by atoms with Crippen LogP contribution in [0.25, 0.3) is 11.0 Å². The van der Waals surface area contributed by atoms with E-state index in [-0.39, 0.29) is 6.10 Å². The van der Waals surface area contributed by atoms with E-state index >= 15 is 0 Å². The van der Waals surface area contributed by atoms with Crippen LogP contribution >= 0.6 is 0 Å². The van der Waals surface area contributed by atoms with Crippen LogP contribution in [0.15, 0.2) is 18.2 Å². The molecular formula is C13H14N2O4. The fourth-order valence-electron chi connectivity index (χ4n) is 2.31. The summed E-state index contributed by atoms with van der Waals surface area (Å²) in [5, 5.41) is 8.91. The number of hydrogen-bond donors (Lipinski definition) is 2.